The number of hydrogen-bond donors (Lipinski definition) is 2. The van der Waals surface area contributed by atoms with E-state index in [4.69, 9.17) is 10.5 Å². The molecule has 1 aromatic rings. The van der Waals surface area contributed by atoms with Crippen LogP contribution in [-0.2, 0) is 9.53 Å². The zero-order valence-electron chi connectivity index (χ0n) is 12.0. The van der Waals surface area contributed by atoms with Crippen LogP contribution in [0.5, 0.6) is 0 Å². The number of nitrogens with one attached hydrogen (secondary N) is 1. The molecular weight excluding hydrogens is 292 g/mol. The van der Waals surface area contributed by atoms with Crippen LogP contribution >= 0.6 is 12.4 Å². The van der Waals surface area contributed by atoms with Crippen LogP contribution in [-0.4, -0.2) is 24.5 Å². The molecule has 1 aliphatic carbocycles. The molecule has 3 N–H and O–H groups in total. The maximum atomic E-state index is 12.0. The second-order valence-corrected chi connectivity index (χ2v) is 5.06. The molecule has 0 heterocycles. The Morgan fingerprint density at radius 2 is 1.95 bits per heavy atom. The average molecular weight is 313 g/mol. The van der Waals surface area contributed by atoms with Gasteiger partial charge >= 0.3 is 5.97 Å². The molecule has 0 bridgehead atoms. The van der Waals surface area contributed by atoms with E-state index in [2.05, 4.69) is 5.32 Å². The van der Waals surface area contributed by atoms with E-state index in [1.807, 2.05) is 0 Å². The summed E-state index contributed by atoms with van der Waals surface area (Å²) in [7, 11) is 0. The van der Waals surface area contributed by atoms with Gasteiger partial charge in [-0.3, -0.25) is 4.79 Å². The van der Waals surface area contributed by atoms with Crippen LogP contribution in [0, 0.1) is 5.92 Å². The van der Waals surface area contributed by atoms with Gasteiger partial charge in [-0.25, -0.2) is 4.79 Å². The van der Waals surface area contributed by atoms with Gasteiger partial charge in [0.05, 0.1) is 12.2 Å². The molecule has 6 heteroatoms. The van der Waals surface area contributed by atoms with Crippen molar-refractivity contribution in [2.75, 3.05) is 11.9 Å². The summed E-state index contributed by atoms with van der Waals surface area (Å²) in [5.41, 5.74) is 6.97. The summed E-state index contributed by atoms with van der Waals surface area (Å²) in [4.78, 5) is 23.5. The van der Waals surface area contributed by atoms with Gasteiger partial charge in [0.15, 0.2) is 0 Å². The SMILES string of the molecule is CCOC(=O)c1ccc(NC(=O)C2CCC(N)C2)cc1.Cl. The van der Waals surface area contributed by atoms with Crippen molar-refractivity contribution in [3.63, 3.8) is 0 Å². The van der Waals surface area contributed by atoms with Crippen LogP contribution < -0.4 is 11.1 Å². The Morgan fingerprint density at radius 1 is 1.29 bits per heavy atom. The largest absolute Gasteiger partial charge is 0.462 e. The van der Waals surface area contributed by atoms with Crippen LogP contribution in [0.1, 0.15) is 36.5 Å². The van der Waals surface area contributed by atoms with E-state index in [-0.39, 0.29) is 36.2 Å². The van der Waals surface area contributed by atoms with Gasteiger partial charge in [-0.05, 0) is 50.5 Å². The third-order valence-corrected chi connectivity index (χ3v) is 3.51. The average Bonchev–Trinajstić information content (AvgIpc) is 2.86. The molecule has 1 amide bonds. The Hall–Kier alpha value is -1.59. The van der Waals surface area contributed by atoms with Crippen LogP contribution in [0.2, 0.25) is 0 Å². The first-order valence-electron chi connectivity index (χ1n) is 6.93. The fraction of sp³-hybridized carbons (Fsp3) is 0.467. The first kappa shape index (κ1) is 17.5. The van der Waals surface area contributed by atoms with Crippen molar-refractivity contribution in [1.29, 1.82) is 0 Å². The molecule has 21 heavy (non-hydrogen) atoms. The molecule has 2 rings (SSSR count). The van der Waals surface area contributed by atoms with Gasteiger partial charge in [-0.1, -0.05) is 0 Å². The highest BCUT2D eigenvalue weighted by molar-refractivity contribution is 5.94. The number of ether oxygens (including phenoxy) is 1. The minimum absolute atomic E-state index is 0. The number of halogens is 1. The van der Waals surface area contributed by atoms with Gasteiger partial charge in [0.1, 0.15) is 0 Å². The van der Waals surface area contributed by atoms with Crippen molar-refractivity contribution >= 4 is 30.0 Å². The summed E-state index contributed by atoms with van der Waals surface area (Å²) in [6.07, 6.45) is 2.49. The number of esters is 1. The topological polar surface area (TPSA) is 81.4 Å². The quantitative estimate of drug-likeness (QED) is 0.836. The summed E-state index contributed by atoms with van der Waals surface area (Å²) >= 11 is 0. The zero-order valence-corrected chi connectivity index (χ0v) is 12.8. The zero-order chi connectivity index (χ0) is 14.5. The van der Waals surface area contributed by atoms with E-state index in [1.54, 1.807) is 31.2 Å². The molecule has 1 fully saturated rings. The van der Waals surface area contributed by atoms with E-state index < -0.39 is 0 Å². The van der Waals surface area contributed by atoms with Crippen LogP contribution in [0.15, 0.2) is 24.3 Å². The van der Waals surface area contributed by atoms with Crippen molar-refractivity contribution in [2.24, 2.45) is 11.7 Å². The van der Waals surface area contributed by atoms with Gasteiger partial charge in [0.2, 0.25) is 5.91 Å². The predicted molar refractivity (Wildman–Crippen MR) is 83.6 cm³/mol. The number of rotatable bonds is 4. The molecule has 1 aromatic carbocycles. The minimum Gasteiger partial charge on any atom is -0.462 e. The smallest absolute Gasteiger partial charge is 0.338 e. The Balaban J connectivity index is 0.00000220. The fourth-order valence-electron chi connectivity index (χ4n) is 2.40. The normalized spacial score (nSPS) is 20.5. The molecule has 0 radical (unpaired) electrons. The number of carbonyl (C=O) groups is 2. The van der Waals surface area contributed by atoms with Crippen molar-refractivity contribution < 1.29 is 14.3 Å². The number of benzene rings is 1. The van der Waals surface area contributed by atoms with E-state index in [0.717, 1.165) is 19.3 Å². The van der Waals surface area contributed by atoms with Gasteiger partial charge in [0.25, 0.3) is 0 Å². The van der Waals surface area contributed by atoms with Crippen molar-refractivity contribution in [2.45, 2.75) is 32.2 Å². The van der Waals surface area contributed by atoms with Crippen molar-refractivity contribution in [3.05, 3.63) is 29.8 Å². The lowest BCUT2D eigenvalue weighted by atomic mass is 10.1. The summed E-state index contributed by atoms with van der Waals surface area (Å²) < 4.78 is 4.90. The fourth-order valence-corrected chi connectivity index (χ4v) is 2.40. The monoisotopic (exact) mass is 312 g/mol. The van der Waals surface area contributed by atoms with Crippen LogP contribution in [0.4, 0.5) is 5.69 Å². The van der Waals surface area contributed by atoms with Gasteiger partial charge < -0.3 is 15.8 Å². The van der Waals surface area contributed by atoms with Gasteiger partial charge in [0, 0.05) is 17.6 Å². The second-order valence-electron chi connectivity index (χ2n) is 5.06. The first-order chi connectivity index (χ1) is 9.60. The van der Waals surface area contributed by atoms with Gasteiger partial charge in [-0.2, -0.15) is 0 Å². The predicted octanol–water partition coefficient (Wildman–Crippen LogP) is 2.35. The molecule has 1 aliphatic rings. The number of carbonyl (C=O) groups excluding carboxylic acids is 2. The first-order valence-corrected chi connectivity index (χ1v) is 6.93. The van der Waals surface area contributed by atoms with Crippen molar-refractivity contribution in [3.8, 4) is 0 Å². The standard InChI is InChI=1S/C15H20N2O3.ClH/c1-2-20-15(19)10-4-7-13(8-5-10)17-14(18)11-3-6-12(16)9-11;/h4-5,7-8,11-12H,2-3,6,9,16H2,1H3,(H,17,18);1H. The maximum absolute atomic E-state index is 12.0. The number of nitrogens with two attached hydrogens (primary N) is 1. The third-order valence-electron chi connectivity index (χ3n) is 3.51. The van der Waals surface area contributed by atoms with E-state index in [0.29, 0.717) is 17.9 Å². The molecule has 5 nitrogen and oxygen atoms in total. The van der Waals surface area contributed by atoms with E-state index in [1.165, 1.54) is 0 Å². The second kappa shape index (κ2) is 8.00. The molecule has 0 spiro atoms. The number of anilines is 1. The lowest BCUT2D eigenvalue weighted by Crippen LogP contribution is -2.23. The summed E-state index contributed by atoms with van der Waals surface area (Å²) in [6, 6.07) is 6.84. The van der Waals surface area contributed by atoms with Crippen molar-refractivity contribution in [1.82, 2.24) is 0 Å². The maximum Gasteiger partial charge on any atom is 0.338 e. The molecule has 116 valence electrons. The summed E-state index contributed by atoms with van der Waals surface area (Å²) in [5.74, 6) is -0.358. The molecule has 2 unspecified atom stereocenters. The Morgan fingerprint density at radius 3 is 2.48 bits per heavy atom. The molecule has 0 saturated heterocycles. The Kier molecular flexibility index (Phi) is 6.65. The van der Waals surface area contributed by atoms with E-state index >= 15 is 0 Å². The molecular formula is C15H21ClN2O3. The molecule has 1 saturated carbocycles. The van der Waals surface area contributed by atoms with Crippen LogP contribution in [0.3, 0.4) is 0 Å². The Bertz CT molecular complexity index is 490. The van der Waals surface area contributed by atoms with E-state index in [9.17, 15) is 9.59 Å². The van der Waals surface area contributed by atoms with Gasteiger partial charge in [-0.15, -0.1) is 12.4 Å². The summed E-state index contributed by atoms with van der Waals surface area (Å²) in [5, 5.41) is 2.86. The highest BCUT2D eigenvalue weighted by Gasteiger charge is 2.27. The third kappa shape index (κ3) is 4.72. The minimum atomic E-state index is -0.354. The molecule has 0 aromatic heterocycles. The molecule has 2 atom stereocenters. The highest BCUT2D eigenvalue weighted by Crippen LogP contribution is 2.25. The number of hydrogen-bond acceptors (Lipinski definition) is 4. The Labute approximate surface area is 130 Å². The molecule has 0 aliphatic heterocycles. The lowest BCUT2D eigenvalue weighted by Gasteiger charge is -2.11. The summed E-state index contributed by atoms with van der Waals surface area (Å²) in [6.45, 7) is 2.11. The number of amides is 1. The lowest BCUT2D eigenvalue weighted by molar-refractivity contribution is -0.119. The van der Waals surface area contributed by atoms with Crippen LogP contribution in [0.25, 0.3) is 0 Å². The highest BCUT2D eigenvalue weighted by atomic mass is 35.5.